The lowest BCUT2D eigenvalue weighted by atomic mass is 10.1. The molecule has 1 saturated carbocycles. The van der Waals surface area contributed by atoms with E-state index in [1.165, 1.54) is 12.8 Å². The Morgan fingerprint density at radius 1 is 1.28 bits per heavy atom. The maximum Gasteiger partial charge on any atom is 0.126 e. The molecule has 4 heteroatoms. The lowest BCUT2D eigenvalue weighted by Gasteiger charge is -2.13. The molecule has 0 bridgehead atoms. The van der Waals surface area contributed by atoms with Crippen LogP contribution in [-0.4, -0.2) is 16.3 Å². The smallest absolute Gasteiger partial charge is 0.126 e. The van der Waals surface area contributed by atoms with Crippen LogP contribution < -0.4 is 10.5 Å². The Kier molecular flexibility index (Phi) is 2.92. The van der Waals surface area contributed by atoms with Crippen molar-refractivity contribution in [2.75, 3.05) is 5.73 Å². The molecular weight excluding hydrogens is 226 g/mol. The number of H-pyrrole nitrogens is 1. The fourth-order valence-electron chi connectivity index (χ4n) is 2.46. The van der Waals surface area contributed by atoms with E-state index in [1.54, 1.807) is 6.20 Å². The second kappa shape index (κ2) is 4.72. The minimum atomic E-state index is 0.377. The van der Waals surface area contributed by atoms with E-state index < -0.39 is 0 Å². The Hall–Kier alpha value is -1.97. The van der Waals surface area contributed by atoms with Gasteiger partial charge in [0.15, 0.2) is 0 Å². The number of nitrogens with one attached hydrogen (secondary N) is 1. The van der Waals surface area contributed by atoms with Crippen molar-refractivity contribution >= 4 is 5.82 Å². The van der Waals surface area contributed by atoms with Gasteiger partial charge in [0.05, 0.1) is 12.3 Å². The number of aromatic nitrogens is 2. The van der Waals surface area contributed by atoms with Gasteiger partial charge in [-0.25, -0.2) is 0 Å². The van der Waals surface area contributed by atoms with Crippen molar-refractivity contribution < 1.29 is 4.74 Å². The number of ether oxygens (including phenoxy) is 1. The number of hydrogen-bond acceptors (Lipinski definition) is 3. The van der Waals surface area contributed by atoms with Crippen LogP contribution in [0.2, 0.25) is 0 Å². The molecule has 3 N–H and O–H groups in total. The molecule has 0 radical (unpaired) electrons. The van der Waals surface area contributed by atoms with Crippen LogP contribution in [0.5, 0.6) is 5.75 Å². The molecule has 1 aromatic carbocycles. The number of hydrogen-bond donors (Lipinski definition) is 2. The molecule has 0 atom stereocenters. The molecule has 2 aromatic rings. The van der Waals surface area contributed by atoms with E-state index in [-0.39, 0.29) is 0 Å². The third-order valence-electron chi connectivity index (χ3n) is 3.42. The van der Waals surface area contributed by atoms with E-state index in [0.717, 1.165) is 29.7 Å². The molecule has 1 fully saturated rings. The SMILES string of the molecule is Nc1[nH]ncc1-c1cccc(OC2CCCC2)c1. The summed E-state index contributed by atoms with van der Waals surface area (Å²) in [6.45, 7) is 0. The molecular formula is C14H17N3O. The molecule has 0 spiro atoms. The standard InChI is InChI=1S/C14H17N3O/c15-14-13(9-16-17-14)10-4-3-7-12(8-10)18-11-5-1-2-6-11/h3-4,7-9,11H,1-2,5-6H2,(H3,15,16,17). The van der Waals surface area contributed by atoms with Crippen molar-refractivity contribution in [1.29, 1.82) is 0 Å². The van der Waals surface area contributed by atoms with Gasteiger partial charge in [0.2, 0.25) is 0 Å². The Morgan fingerprint density at radius 3 is 2.83 bits per heavy atom. The molecule has 0 unspecified atom stereocenters. The Labute approximate surface area is 106 Å². The zero-order chi connectivity index (χ0) is 12.4. The predicted octanol–water partition coefficient (Wildman–Crippen LogP) is 2.98. The van der Waals surface area contributed by atoms with E-state index in [1.807, 2.05) is 24.3 Å². The molecule has 1 aliphatic rings. The number of anilines is 1. The number of benzene rings is 1. The number of nitrogens with two attached hydrogens (primary N) is 1. The topological polar surface area (TPSA) is 63.9 Å². The first-order valence-electron chi connectivity index (χ1n) is 6.39. The summed E-state index contributed by atoms with van der Waals surface area (Å²) in [6.07, 6.45) is 7.00. The summed E-state index contributed by atoms with van der Waals surface area (Å²) in [5, 5.41) is 6.69. The molecule has 4 nitrogen and oxygen atoms in total. The van der Waals surface area contributed by atoms with Crippen molar-refractivity contribution in [3.8, 4) is 16.9 Å². The highest BCUT2D eigenvalue weighted by molar-refractivity contribution is 5.73. The van der Waals surface area contributed by atoms with Crippen LogP contribution in [0.1, 0.15) is 25.7 Å². The van der Waals surface area contributed by atoms with Gasteiger partial charge in [0.1, 0.15) is 11.6 Å². The van der Waals surface area contributed by atoms with E-state index in [0.29, 0.717) is 11.9 Å². The minimum absolute atomic E-state index is 0.377. The molecule has 1 heterocycles. The normalized spacial score (nSPS) is 16.0. The summed E-state index contributed by atoms with van der Waals surface area (Å²) in [4.78, 5) is 0. The van der Waals surface area contributed by atoms with Gasteiger partial charge in [-0.15, -0.1) is 0 Å². The third kappa shape index (κ3) is 2.18. The fraction of sp³-hybridized carbons (Fsp3) is 0.357. The zero-order valence-corrected chi connectivity index (χ0v) is 10.2. The largest absolute Gasteiger partial charge is 0.490 e. The van der Waals surface area contributed by atoms with Crippen LogP contribution in [0.3, 0.4) is 0 Å². The maximum absolute atomic E-state index is 5.98. The molecule has 94 valence electrons. The third-order valence-corrected chi connectivity index (χ3v) is 3.42. The average Bonchev–Trinajstić information content (AvgIpc) is 3.01. The van der Waals surface area contributed by atoms with E-state index in [4.69, 9.17) is 10.5 Å². The number of nitrogen functional groups attached to an aromatic ring is 1. The minimum Gasteiger partial charge on any atom is -0.490 e. The van der Waals surface area contributed by atoms with E-state index >= 15 is 0 Å². The second-order valence-electron chi connectivity index (χ2n) is 4.75. The van der Waals surface area contributed by atoms with Gasteiger partial charge in [-0.05, 0) is 43.4 Å². The summed E-state index contributed by atoms with van der Waals surface area (Å²) in [7, 11) is 0. The monoisotopic (exact) mass is 243 g/mol. The van der Waals surface area contributed by atoms with E-state index in [2.05, 4.69) is 10.2 Å². The number of nitrogens with zero attached hydrogens (tertiary/aromatic N) is 1. The van der Waals surface area contributed by atoms with Gasteiger partial charge in [0, 0.05) is 5.56 Å². The van der Waals surface area contributed by atoms with Gasteiger partial charge in [-0.3, -0.25) is 5.10 Å². The van der Waals surface area contributed by atoms with Gasteiger partial charge in [0.25, 0.3) is 0 Å². The quantitative estimate of drug-likeness (QED) is 0.871. The summed E-state index contributed by atoms with van der Waals surface area (Å²) in [5.74, 6) is 1.51. The maximum atomic E-state index is 5.98. The van der Waals surface area contributed by atoms with Crippen LogP contribution in [0.4, 0.5) is 5.82 Å². The highest BCUT2D eigenvalue weighted by Crippen LogP contribution is 2.29. The van der Waals surface area contributed by atoms with Crippen LogP contribution >= 0.6 is 0 Å². The Bertz CT molecular complexity index is 529. The lowest BCUT2D eigenvalue weighted by Crippen LogP contribution is -2.10. The molecule has 3 rings (SSSR count). The van der Waals surface area contributed by atoms with Crippen molar-refractivity contribution in [3.63, 3.8) is 0 Å². The highest BCUT2D eigenvalue weighted by atomic mass is 16.5. The summed E-state index contributed by atoms with van der Waals surface area (Å²) < 4.78 is 5.98. The van der Waals surface area contributed by atoms with Crippen molar-refractivity contribution in [2.24, 2.45) is 0 Å². The first-order valence-corrected chi connectivity index (χ1v) is 6.39. The van der Waals surface area contributed by atoms with Crippen molar-refractivity contribution in [1.82, 2.24) is 10.2 Å². The first kappa shape index (κ1) is 11.1. The molecule has 1 aliphatic carbocycles. The van der Waals surface area contributed by atoms with Crippen molar-refractivity contribution in [3.05, 3.63) is 30.5 Å². The Morgan fingerprint density at radius 2 is 2.11 bits per heavy atom. The summed E-state index contributed by atoms with van der Waals surface area (Å²) in [6, 6.07) is 8.03. The molecule has 0 amide bonds. The number of rotatable bonds is 3. The Balaban J connectivity index is 1.82. The van der Waals surface area contributed by atoms with Gasteiger partial charge in [-0.1, -0.05) is 12.1 Å². The van der Waals surface area contributed by atoms with Crippen LogP contribution in [0, 0.1) is 0 Å². The molecule has 18 heavy (non-hydrogen) atoms. The zero-order valence-electron chi connectivity index (χ0n) is 10.2. The number of aromatic amines is 1. The predicted molar refractivity (Wildman–Crippen MR) is 71.3 cm³/mol. The van der Waals surface area contributed by atoms with Crippen LogP contribution in [0.15, 0.2) is 30.5 Å². The van der Waals surface area contributed by atoms with Gasteiger partial charge in [-0.2, -0.15) is 5.10 Å². The van der Waals surface area contributed by atoms with Crippen LogP contribution in [0.25, 0.3) is 11.1 Å². The second-order valence-corrected chi connectivity index (χ2v) is 4.75. The highest BCUT2D eigenvalue weighted by Gasteiger charge is 2.16. The summed E-state index contributed by atoms with van der Waals surface area (Å²) in [5.41, 5.74) is 7.79. The molecule has 0 aliphatic heterocycles. The summed E-state index contributed by atoms with van der Waals surface area (Å²) >= 11 is 0. The first-order chi connectivity index (χ1) is 8.83. The van der Waals surface area contributed by atoms with Gasteiger partial charge >= 0.3 is 0 Å². The fourth-order valence-corrected chi connectivity index (χ4v) is 2.46. The van der Waals surface area contributed by atoms with Crippen molar-refractivity contribution in [2.45, 2.75) is 31.8 Å². The molecule has 0 saturated heterocycles. The van der Waals surface area contributed by atoms with Crippen LogP contribution in [-0.2, 0) is 0 Å². The lowest BCUT2D eigenvalue weighted by molar-refractivity contribution is 0.210. The van der Waals surface area contributed by atoms with E-state index in [9.17, 15) is 0 Å². The average molecular weight is 243 g/mol. The molecule has 1 aromatic heterocycles. The van der Waals surface area contributed by atoms with Gasteiger partial charge < -0.3 is 10.5 Å².